The Bertz CT molecular complexity index is 1680. The third kappa shape index (κ3) is 3.96. The Morgan fingerprint density at radius 3 is 2.23 bits per heavy atom. The number of amides is 4. The molecular formula is C35H32N2O6. The standard InChI is InChI=1S/C35H32N2O6/c1-35-27(32(41)37(34(35)43)21-7-3-2-4-8-21)19-26-23(30(35)24-9-5-6-10-28(24)39)15-16-25-29(26)33(42)36(31(25)40)18-17-20-11-13-22(38)14-12-20/h2-15,25-27,29-30,38-39H,16-19H2,1H3. The molecule has 3 fully saturated rings. The Kier molecular flexibility index (Phi) is 6.27. The minimum absolute atomic E-state index is 0.0268. The SMILES string of the molecule is CC12C(=O)N(c3ccccc3)C(=O)C1CC1C(=CCC3C(=O)N(CCc4ccc(O)cc4)C(=O)C31)C2c1ccccc1O. The lowest BCUT2D eigenvalue weighted by Gasteiger charge is -2.49. The van der Waals surface area contributed by atoms with Crippen LogP contribution in [0.1, 0.15) is 36.8 Å². The summed E-state index contributed by atoms with van der Waals surface area (Å²) in [5, 5.41) is 20.7. The first kappa shape index (κ1) is 27.1. The van der Waals surface area contributed by atoms with Crippen LogP contribution in [0.3, 0.4) is 0 Å². The first-order valence-electron chi connectivity index (χ1n) is 14.8. The normalized spacial score (nSPS) is 29.8. The van der Waals surface area contributed by atoms with Gasteiger partial charge in [-0.05, 0) is 68.0 Å². The highest BCUT2D eigenvalue weighted by Crippen LogP contribution is 2.64. The number of imide groups is 2. The number of allylic oxidation sites excluding steroid dienone is 2. The Labute approximate surface area is 249 Å². The van der Waals surface area contributed by atoms with Crippen LogP contribution in [-0.2, 0) is 25.6 Å². The zero-order chi connectivity index (χ0) is 30.0. The number of likely N-dealkylation sites (tertiary alicyclic amines) is 1. The summed E-state index contributed by atoms with van der Waals surface area (Å²) >= 11 is 0. The van der Waals surface area contributed by atoms with Gasteiger partial charge in [0.05, 0.1) is 28.9 Å². The van der Waals surface area contributed by atoms with Gasteiger partial charge in [0.1, 0.15) is 11.5 Å². The smallest absolute Gasteiger partial charge is 0.241 e. The first-order chi connectivity index (χ1) is 20.7. The molecule has 0 bridgehead atoms. The number of hydrogen-bond donors (Lipinski definition) is 2. The van der Waals surface area contributed by atoms with Gasteiger partial charge in [0, 0.05) is 18.0 Å². The van der Waals surface area contributed by atoms with E-state index >= 15 is 0 Å². The fraction of sp³-hybridized carbons (Fsp3) is 0.314. The number of nitrogens with zero attached hydrogens (tertiary/aromatic N) is 2. The molecule has 8 nitrogen and oxygen atoms in total. The van der Waals surface area contributed by atoms with Gasteiger partial charge in [0.2, 0.25) is 23.6 Å². The molecule has 6 unspecified atom stereocenters. The quantitative estimate of drug-likeness (QED) is 0.340. The van der Waals surface area contributed by atoms with E-state index in [0.29, 0.717) is 24.1 Å². The minimum Gasteiger partial charge on any atom is -0.508 e. The van der Waals surface area contributed by atoms with Crippen molar-refractivity contribution in [3.8, 4) is 11.5 Å². The second kappa shape index (κ2) is 9.93. The number of anilines is 1. The maximum absolute atomic E-state index is 14.3. The van der Waals surface area contributed by atoms with Gasteiger partial charge in [-0.15, -0.1) is 0 Å². The predicted molar refractivity (Wildman–Crippen MR) is 158 cm³/mol. The highest BCUT2D eigenvalue weighted by molar-refractivity contribution is 6.24. The van der Waals surface area contributed by atoms with Gasteiger partial charge in [-0.3, -0.25) is 24.1 Å². The van der Waals surface area contributed by atoms with Crippen LogP contribution in [-0.4, -0.2) is 45.3 Å². The molecule has 218 valence electrons. The molecule has 4 amide bonds. The zero-order valence-electron chi connectivity index (χ0n) is 23.7. The Hall–Kier alpha value is -4.72. The van der Waals surface area contributed by atoms with E-state index in [0.717, 1.165) is 11.1 Å². The molecule has 2 N–H and O–H groups in total. The summed E-state index contributed by atoms with van der Waals surface area (Å²) in [7, 11) is 0. The topological polar surface area (TPSA) is 115 Å². The molecule has 2 saturated heterocycles. The van der Waals surface area contributed by atoms with E-state index in [1.54, 1.807) is 72.8 Å². The fourth-order valence-electron chi connectivity index (χ4n) is 8.10. The van der Waals surface area contributed by atoms with Crippen molar-refractivity contribution in [3.63, 3.8) is 0 Å². The Morgan fingerprint density at radius 2 is 1.51 bits per heavy atom. The molecule has 0 aromatic heterocycles. The highest BCUT2D eigenvalue weighted by Gasteiger charge is 2.67. The monoisotopic (exact) mass is 576 g/mol. The lowest BCUT2D eigenvalue weighted by Crippen LogP contribution is -2.48. The summed E-state index contributed by atoms with van der Waals surface area (Å²) in [6, 6.07) is 22.4. The maximum atomic E-state index is 14.3. The number of benzene rings is 3. The molecule has 3 aromatic carbocycles. The zero-order valence-corrected chi connectivity index (χ0v) is 23.7. The van der Waals surface area contributed by atoms with Gasteiger partial charge in [0.25, 0.3) is 0 Å². The van der Waals surface area contributed by atoms with Crippen molar-refractivity contribution < 1.29 is 29.4 Å². The van der Waals surface area contributed by atoms with E-state index in [1.807, 2.05) is 19.1 Å². The number of phenolic OH excluding ortho intramolecular Hbond substituents is 2. The van der Waals surface area contributed by atoms with Gasteiger partial charge >= 0.3 is 0 Å². The van der Waals surface area contributed by atoms with Crippen LogP contribution in [0.15, 0.2) is 90.5 Å². The van der Waals surface area contributed by atoms with Crippen LogP contribution in [0.25, 0.3) is 0 Å². The summed E-state index contributed by atoms with van der Waals surface area (Å²) in [5.74, 6) is -3.91. The molecule has 2 aliphatic heterocycles. The van der Waals surface area contributed by atoms with Crippen LogP contribution in [0.5, 0.6) is 11.5 Å². The molecule has 0 radical (unpaired) electrons. The predicted octanol–water partition coefficient (Wildman–Crippen LogP) is 4.57. The fourth-order valence-corrected chi connectivity index (χ4v) is 8.10. The molecule has 2 aliphatic carbocycles. The lowest BCUT2D eigenvalue weighted by molar-refractivity contribution is -0.140. The van der Waals surface area contributed by atoms with Gasteiger partial charge in [-0.2, -0.15) is 0 Å². The number of fused-ring (bicyclic) bond motifs is 4. The number of hydrogen-bond acceptors (Lipinski definition) is 6. The van der Waals surface area contributed by atoms with Crippen molar-refractivity contribution in [1.29, 1.82) is 0 Å². The Morgan fingerprint density at radius 1 is 0.814 bits per heavy atom. The van der Waals surface area contributed by atoms with Crippen LogP contribution < -0.4 is 4.90 Å². The third-order valence-electron chi connectivity index (χ3n) is 10.2. The van der Waals surface area contributed by atoms with Crippen LogP contribution >= 0.6 is 0 Å². The molecule has 3 aromatic rings. The summed E-state index contributed by atoms with van der Waals surface area (Å²) in [4.78, 5) is 58.7. The van der Waals surface area contributed by atoms with Gasteiger partial charge in [0.15, 0.2) is 0 Å². The van der Waals surface area contributed by atoms with E-state index in [4.69, 9.17) is 0 Å². The number of aromatic hydroxyl groups is 2. The number of carbonyl (C=O) groups excluding carboxylic acids is 4. The highest BCUT2D eigenvalue weighted by atomic mass is 16.3. The number of para-hydroxylation sites is 2. The molecule has 43 heavy (non-hydrogen) atoms. The molecule has 4 aliphatic rings. The van der Waals surface area contributed by atoms with Crippen molar-refractivity contribution in [2.75, 3.05) is 11.4 Å². The van der Waals surface area contributed by atoms with E-state index in [9.17, 15) is 29.4 Å². The average molecular weight is 577 g/mol. The molecule has 0 spiro atoms. The van der Waals surface area contributed by atoms with Crippen molar-refractivity contribution in [1.82, 2.24) is 4.90 Å². The summed E-state index contributed by atoms with van der Waals surface area (Å²) in [6.07, 6.45) is 3.07. The van der Waals surface area contributed by atoms with Crippen LogP contribution in [0.4, 0.5) is 5.69 Å². The Balaban J connectivity index is 1.28. The number of phenols is 2. The molecule has 7 rings (SSSR count). The minimum atomic E-state index is -1.19. The van der Waals surface area contributed by atoms with Crippen molar-refractivity contribution >= 4 is 29.3 Å². The van der Waals surface area contributed by atoms with Gasteiger partial charge < -0.3 is 10.2 Å². The molecule has 8 heteroatoms. The second-order valence-electron chi connectivity index (χ2n) is 12.3. The number of rotatable bonds is 5. The first-order valence-corrected chi connectivity index (χ1v) is 14.8. The van der Waals surface area contributed by atoms with Crippen molar-refractivity contribution in [3.05, 3.63) is 102 Å². The third-order valence-corrected chi connectivity index (χ3v) is 10.2. The summed E-state index contributed by atoms with van der Waals surface area (Å²) in [5.41, 5.74) is 1.59. The van der Waals surface area contributed by atoms with Gasteiger partial charge in [-0.1, -0.05) is 60.2 Å². The van der Waals surface area contributed by atoms with E-state index in [1.165, 1.54) is 9.80 Å². The van der Waals surface area contributed by atoms with E-state index in [2.05, 4.69) is 0 Å². The summed E-state index contributed by atoms with van der Waals surface area (Å²) < 4.78 is 0. The van der Waals surface area contributed by atoms with Crippen LogP contribution in [0, 0.1) is 29.1 Å². The molecule has 1 saturated carbocycles. The molecule has 2 heterocycles. The molecular weight excluding hydrogens is 544 g/mol. The second-order valence-corrected chi connectivity index (χ2v) is 12.3. The maximum Gasteiger partial charge on any atom is 0.241 e. The largest absolute Gasteiger partial charge is 0.508 e. The lowest BCUT2D eigenvalue weighted by atomic mass is 9.51. The van der Waals surface area contributed by atoms with Crippen molar-refractivity contribution in [2.24, 2.45) is 29.1 Å². The van der Waals surface area contributed by atoms with Crippen molar-refractivity contribution in [2.45, 2.75) is 32.1 Å². The number of carbonyl (C=O) groups is 4. The molecule has 6 atom stereocenters. The average Bonchev–Trinajstić information content (AvgIpc) is 3.37. The van der Waals surface area contributed by atoms with E-state index < -0.39 is 35.0 Å². The summed E-state index contributed by atoms with van der Waals surface area (Å²) in [6.45, 7) is 2.04. The van der Waals surface area contributed by atoms with E-state index in [-0.39, 0.29) is 48.1 Å². The van der Waals surface area contributed by atoms with Gasteiger partial charge in [-0.25, -0.2) is 4.90 Å². The van der Waals surface area contributed by atoms with Crippen LogP contribution in [0.2, 0.25) is 0 Å².